The van der Waals surface area contributed by atoms with E-state index in [1.165, 1.54) is 18.4 Å². The first-order chi connectivity index (χ1) is 8.95. The number of methoxy groups -OCH3 is 1. The number of benzene rings is 1. The van der Waals surface area contributed by atoms with Crippen LogP contribution in [-0.2, 0) is 0 Å². The highest BCUT2D eigenvalue weighted by Crippen LogP contribution is 2.64. The maximum atomic E-state index is 9.72. The molecule has 2 fully saturated rings. The monoisotopic (exact) mass is 260 g/mol. The number of rotatable bonds is 2. The van der Waals surface area contributed by atoms with Crippen LogP contribution in [0.5, 0.6) is 11.5 Å². The third-order valence-electron chi connectivity index (χ3n) is 6.11. The molecule has 0 unspecified atom stereocenters. The zero-order chi connectivity index (χ0) is 13.8. The molecule has 2 saturated carbocycles. The third-order valence-corrected chi connectivity index (χ3v) is 6.11. The first-order valence-corrected chi connectivity index (χ1v) is 7.32. The lowest BCUT2D eigenvalue weighted by atomic mass is 9.65. The van der Waals surface area contributed by atoms with Gasteiger partial charge in [0.25, 0.3) is 0 Å². The van der Waals surface area contributed by atoms with E-state index in [9.17, 15) is 5.11 Å². The minimum Gasteiger partial charge on any atom is -0.504 e. The first-order valence-electron chi connectivity index (χ1n) is 7.32. The molecule has 104 valence electrons. The zero-order valence-electron chi connectivity index (χ0n) is 12.3. The van der Waals surface area contributed by atoms with Crippen molar-refractivity contribution in [2.24, 2.45) is 23.2 Å². The predicted octanol–water partition coefficient (Wildman–Crippen LogP) is 4.19. The summed E-state index contributed by atoms with van der Waals surface area (Å²) in [6.07, 6.45) is 2.65. The van der Waals surface area contributed by atoms with Crippen molar-refractivity contribution in [1.82, 2.24) is 0 Å². The van der Waals surface area contributed by atoms with Crippen LogP contribution < -0.4 is 4.74 Å². The van der Waals surface area contributed by atoms with Crippen LogP contribution in [0.2, 0.25) is 0 Å². The van der Waals surface area contributed by atoms with Gasteiger partial charge in [-0.2, -0.15) is 0 Å². The molecular formula is C17H24O2. The molecule has 4 atom stereocenters. The maximum absolute atomic E-state index is 9.72. The van der Waals surface area contributed by atoms with Gasteiger partial charge in [-0.25, -0.2) is 0 Å². The van der Waals surface area contributed by atoms with Crippen molar-refractivity contribution in [1.29, 1.82) is 0 Å². The summed E-state index contributed by atoms with van der Waals surface area (Å²) in [7, 11) is 1.62. The summed E-state index contributed by atoms with van der Waals surface area (Å²) in [6.45, 7) is 7.26. The summed E-state index contributed by atoms with van der Waals surface area (Å²) in [6, 6.07) is 5.87. The van der Waals surface area contributed by atoms with Gasteiger partial charge in [-0.1, -0.05) is 26.8 Å². The molecule has 0 heterocycles. The quantitative estimate of drug-likeness (QED) is 0.864. The molecule has 2 aliphatic rings. The number of phenols is 1. The molecule has 19 heavy (non-hydrogen) atoms. The molecule has 0 spiro atoms. The Bertz CT molecular complexity index is 488. The molecule has 1 aromatic carbocycles. The smallest absolute Gasteiger partial charge is 0.160 e. The van der Waals surface area contributed by atoms with Crippen LogP contribution in [0, 0.1) is 23.2 Å². The average molecular weight is 260 g/mol. The summed E-state index contributed by atoms with van der Waals surface area (Å²) in [5.74, 6) is 3.89. The van der Waals surface area contributed by atoms with Crippen LogP contribution in [0.1, 0.15) is 45.1 Å². The molecule has 1 N–H and O–H groups in total. The second-order valence-corrected chi connectivity index (χ2v) is 6.98. The number of hydrogen-bond donors (Lipinski definition) is 1. The van der Waals surface area contributed by atoms with Gasteiger partial charge in [0.15, 0.2) is 11.5 Å². The van der Waals surface area contributed by atoms with Crippen molar-refractivity contribution in [2.45, 2.75) is 39.5 Å². The third kappa shape index (κ3) is 1.76. The van der Waals surface area contributed by atoms with E-state index in [2.05, 4.69) is 26.8 Å². The van der Waals surface area contributed by atoms with Gasteiger partial charge in [0.1, 0.15) is 0 Å². The second kappa shape index (κ2) is 4.16. The van der Waals surface area contributed by atoms with Crippen molar-refractivity contribution < 1.29 is 9.84 Å². The summed E-state index contributed by atoms with van der Waals surface area (Å²) in [5, 5.41) is 9.72. The Labute approximate surface area is 115 Å². The fourth-order valence-electron chi connectivity index (χ4n) is 4.46. The van der Waals surface area contributed by atoms with E-state index < -0.39 is 0 Å². The van der Waals surface area contributed by atoms with E-state index in [0.29, 0.717) is 17.1 Å². The van der Waals surface area contributed by atoms with Crippen molar-refractivity contribution >= 4 is 0 Å². The van der Waals surface area contributed by atoms with E-state index >= 15 is 0 Å². The Morgan fingerprint density at radius 2 is 2.00 bits per heavy atom. The van der Waals surface area contributed by atoms with Crippen molar-refractivity contribution in [3.05, 3.63) is 23.8 Å². The summed E-state index contributed by atoms with van der Waals surface area (Å²) < 4.78 is 5.24. The van der Waals surface area contributed by atoms with Crippen molar-refractivity contribution in [3.63, 3.8) is 0 Å². The van der Waals surface area contributed by atoms with Crippen molar-refractivity contribution in [3.8, 4) is 11.5 Å². The van der Waals surface area contributed by atoms with Gasteiger partial charge in [-0.15, -0.1) is 0 Å². The van der Waals surface area contributed by atoms with Crippen LogP contribution in [0.15, 0.2) is 18.2 Å². The highest BCUT2D eigenvalue weighted by molar-refractivity contribution is 5.43. The number of phenolic OH excluding ortho intramolecular Hbond substituents is 1. The normalized spacial score (nSPS) is 35.6. The van der Waals surface area contributed by atoms with Gasteiger partial charge in [0, 0.05) is 0 Å². The van der Waals surface area contributed by atoms with E-state index in [0.717, 1.165) is 17.8 Å². The Kier molecular flexibility index (Phi) is 2.81. The SMILES string of the molecule is COc1cc([C@@H]2C[C@@H]3C[C@@H]2[C@H](C)C3(C)C)ccc1O. The van der Waals surface area contributed by atoms with Gasteiger partial charge in [0.2, 0.25) is 0 Å². The van der Waals surface area contributed by atoms with E-state index in [4.69, 9.17) is 4.74 Å². The largest absolute Gasteiger partial charge is 0.504 e. The lowest BCUT2D eigenvalue weighted by molar-refractivity contribution is 0.122. The molecule has 0 aliphatic heterocycles. The Morgan fingerprint density at radius 1 is 1.26 bits per heavy atom. The summed E-state index contributed by atoms with van der Waals surface area (Å²) in [4.78, 5) is 0. The fraction of sp³-hybridized carbons (Fsp3) is 0.647. The minimum atomic E-state index is 0.239. The molecule has 2 heteroatoms. The molecular weight excluding hydrogens is 236 g/mol. The molecule has 3 rings (SSSR count). The summed E-state index contributed by atoms with van der Waals surface area (Å²) >= 11 is 0. The van der Waals surface area contributed by atoms with Crippen LogP contribution in [0.3, 0.4) is 0 Å². The number of hydrogen-bond acceptors (Lipinski definition) is 2. The highest BCUT2D eigenvalue weighted by atomic mass is 16.5. The Hall–Kier alpha value is -1.18. The van der Waals surface area contributed by atoms with E-state index in [-0.39, 0.29) is 5.75 Å². The van der Waals surface area contributed by atoms with Crippen molar-refractivity contribution in [2.75, 3.05) is 7.11 Å². The van der Waals surface area contributed by atoms with Crippen LogP contribution in [0.25, 0.3) is 0 Å². The van der Waals surface area contributed by atoms with E-state index in [1.54, 1.807) is 13.2 Å². The van der Waals surface area contributed by atoms with Crippen LogP contribution in [0.4, 0.5) is 0 Å². The number of fused-ring (bicyclic) bond motifs is 2. The van der Waals surface area contributed by atoms with E-state index in [1.807, 2.05) is 6.07 Å². The standard InChI is InChI=1S/C17H24O2/c1-10-13-8-12(17(10,2)3)9-14(13)11-5-6-15(18)16(7-11)19-4/h5-7,10,12-14,18H,8-9H2,1-4H3/t10-,12-,13+,14-/m0/s1. The molecule has 0 radical (unpaired) electrons. The Morgan fingerprint density at radius 3 is 2.58 bits per heavy atom. The topological polar surface area (TPSA) is 29.5 Å². The Balaban J connectivity index is 1.90. The zero-order valence-corrected chi connectivity index (χ0v) is 12.3. The van der Waals surface area contributed by atoms with Gasteiger partial charge >= 0.3 is 0 Å². The molecule has 2 aliphatic carbocycles. The molecule has 0 amide bonds. The molecule has 0 aromatic heterocycles. The lowest BCUT2D eigenvalue weighted by Crippen LogP contribution is -2.32. The van der Waals surface area contributed by atoms with Gasteiger partial charge in [-0.05, 0) is 59.6 Å². The van der Waals surface area contributed by atoms with Gasteiger partial charge in [0.05, 0.1) is 7.11 Å². The molecule has 2 bridgehead atoms. The maximum Gasteiger partial charge on any atom is 0.160 e. The average Bonchev–Trinajstić information content (AvgIpc) is 2.90. The molecule has 0 saturated heterocycles. The summed E-state index contributed by atoms with van der Waals surface area (Å²) in [5.41, 5.74) is 1.83. The minimum absolute atomic E-state index is 0.239. The second-order valence-electron chi connectivity index (χ2n) is 6.98. The lowest BCUT2D eigenvalue weighted by Gasteiger charge is -2.40. The van der Waals surface area contributed by atoms with Crippen LogP contribution >= 0.6 is 0 Å². The van der Waals surface area contributed by atoms with Crippen LogP contribution in [-0.4, -0.2) is 12.2 Å². The predicted molar refractivity (Wildman–Crippen MR) is 76.6 cm³/mol. The number of ether oxygens (including phenoxy) is 1. The fourth-order valence-corrected chi connectivity index (χ4v) is 4.46. The van der Waals surface area contributed by atoms with Gasteiger partial charge in [-0.3, -0.25) is 0 Å². The highest BCUT2D eigenvalue weighted by Gasteiger charge is 2.55. The van der Waals surface area contributed by atoms with Gasteiger partial charge < -0.3 is 9.84 Å². The molecule has 2 nitrogen and oxygen atoms in total. The first kappa shape index (κ1) is 12.8. The molecule has 1 aromatic rings. The number of aromatic hydroxyl groups is 1.